The Hall–Kier alpha value is -1.47. The minimum Gasteiger partial charge on any atom is -0.337 e. The van der Waals surface area contributed by atoms with Crippen molar-refractivity contribution in [2.45, 2.75) is 31.6 Å². The zero-order valence-electron chi connectivity index (χ0n) is 15.1. The summed E-state index contributed by atoms with van der Waals surface area (Å²) in [5.74, 6) is 0.117. The number of halogens is 1. The molecular weight excluding hydrogens is 329 g/mol. The highest BCUT2D eigenvalue weighted by Gasteiger charge is 2.19. The van der Waals surface area contributed by atoms with Crippen molar-refractivity contribution >= 4 is 16.8 Å². The molecule has 0 saturated carbocycles. The van der Waals surface area contributed by atoms with Crippen molar-refractivity contribution in [3.63, 3.8) is 0 Å². The summed E-state index contributed by atoms with van der Waals surface area (Å²) in [6.45, 7) is 6.42. The minimum atomic E-state index is -0.999. The molecule has 7 heteroatoms. The van der Waals surface area contributed by atoms with Crippen LogP contribution in [0.1, 0.15) is 32.4 Å². The second-order valence-electron chi connectivity index (χ2n) is 6.83. The largest absolute Gasteiger partial charge is 0.337 e. The summed E-state index contributed by atoms with van der Waals surface area (Å²) < 4.78 is 25.0. The van der Waals surface area contributed by atoms with Crippen molar-refractivity contribution in [3.8, 4) is 0 Å². The first-order chi connectivity index (χ1) is 11.1. The Balaban J connectivity index is 2.47. The number of nitrogens with zero attached hydrogens (tertiary/aromatic N) is 1. The van der Waals surface area contributed by atoms with E-state index in [1.807, 2.05) is 45.8 Å². The van der Waals surface area contributed by atoms with Crippen LogP contribution in [0.2, 0.25) is 0 Å². The zero-order chi connectivity index (χ0) is 18.3. The van der Waals surface area contributed by atoms with Gasteiger partial charge < -0.3 is 15.5 Å². The van der Waals surface area contributed by atoms with Crippen molar-refractivity contribution < 1.29 is 13.4 Å². The molecule has 0 saturated heterocycles. The van der Waals surface area contributed by atoms with Gasteiger partial charge in [-0.15, -0.1) is 0 Å². The Kier molecular flexibility index (Phi) is 7.83. The highest BCUT2D eigenvalue weighted by molar-refractivity contribution is 7.86. The maximum atomic E-state index is 13.4. The van der Waals surface area contributed by atoms with Gasteiger partial charge in [-0.2, -0.15) is 0 Å². The number of likely N-dealkylation sites (N-methyl/N-ethyl adjacent to an activating group) is 1. The molecule has 2 atom stereocenters. The average Bonchev–Trinajstić information content (AvgIpc) is 2.46. The third-order valence-electron chi connectivity index (χ3n) is 3.57. The molecule has 1 aromatic rings. The van der Waals surface area contributed by atoms with Gasteiger partial charge in [-0.1, -0.05) is 12.1 Å². The van der Waals surface area contributed by atoms with Crippen LogP contribution in [0.3, 0.4) is 0 Å². The summed E-state index contributed by atoms with van der Waals surface area (Å²) in [4.78, 5) is 13.8. The van der Waals surface area contributed by atoms with E-state index in [0.29, 0.717) is 18.8 Å². The van der Waals surface area contributed by atoms with Crippen LogP contribution in [0.25, 0.3) is 0 Å². The van der Waals surface area contributed by atoms with Gasteiger partial charge in [0.15, 0.2) is 0 Å². The third-order valence-corrected chi connectivity index (χ3v) is 5.51. The number of carbonyl (C=O) groups is 1. The number of hydrogen-bond acceptors (Lipinski definition) is 3. The first-order valence-corrected chi connectivity index (χ1v) is 9.25. The highest BCUT2D eigenvalue weighted by atomic mass is 32.2. The molecular formula is C17H28FN3O2S. The molecule has 0 aromatic heterocycles. The topological polar surface area (TPSA) is 61.4 Å². The van der Waals surface area contributed by atoms with E-state index >= 15 is 0 Å². The standard InChI is InChI=1S/C17H28FN3O2S/c1-17(2,3)24(23)10-9-19-16(22)20-12-15(21(4)5)13-7-6-8-14(18)11-13/h6-8,11,15H,9-10,12H2,1-5H3,(H2,19,20,22). The maximum absolute atomic E-state index is 13.4. The van der Waals surface area contributed by atoms with E-state index in [-0.39, 0.29) is 22.6 Å². The molecule has 0 radical (unpaired) electrons. The number of nitrogens with one attached hydrogen (secondary N) is 2. The highest BCUT2D eigenvalue weighted by Crippen LogP contribution is 2.18. The Morgan fingerprint density at radius 2 is 1.96 bits per heavy atom. The molecule has 5 nitrogen and oxygen atoms in total. The monoisotopic (exact) mass is 357 g/mol. The molecule has 2 N–H and O–H groups in total. The lowest BCUT2D eigenvalue weighted by atomic mass is 10.1. The summed E-state index contributed by atoms with van der Waals surface area (Å²) in [5.41, 5.74) is 0.800. The van der Waals surface area contributed by atoms with Crippen LogP contribution < -0.4 is 10.6 Å². The fraction of sp³-hybridized carbons (Fsp3) is 0.588. The average molecular weight is 357 g/mol. The van der Waals surface area contributed by atoms with E-state index in [1.54, 1.807) is 6.07 Å². The van der Waals surface area contributed by atoms with Gasteiger partial charge in [-0.05, 0) is 52.6 Å². The lowest BCUT2D eigenvalue weighted by Gasteiger charge is -2.25. The molecule has 0 aliphatic rings. The minimum absolute atomic E-state index is 0.129. The van der Waals surface area contributed by atoms with Crippen LogP contribution in [0.5, 0.6) is 0 Å². The van der Waals surface area contributed by atoms with Crippen LogP contribution in [0.4, 0.5) is 9.18 Å². The van der Waals surface area contributed by atoms with E-state index in [0.717, 1.165) is 5.56 Å². The quantitative estimate of drug-likeness (QED) is 0.787. The molecule has 0 spiro atoms. The van der Waals surface area contributed by atoms with Crippen LogP contribution in [0, 0.1) is 5.82 Å². The molecule has 136 valence electrons. The Morgan fingerprint density at radius 3 is 2.50 bits per heavy atom. The SMILES string of the molecule is CN(C)C(CNC(=O)NCCS(=O)C(C)(C)C)c1cccc(F)c1. The Morgan fingerprint density at radius 1 is 1.29 bits per heavy atom. The first kappa shape index (κ1) is 20.6. The number of amides is 2. The van der Waals surface area contributed by atoms with Crippen molar-refractivity contribution in [1.29, 1.82) is 0 Å². The van der Waals surface area contributed by atoms with Gasteiger partial charge in [0.25, 0.3) is 0 Å². The van der Waals surface area contributed by atoms with Crippen LogP contribution >= 0.6 is 0 Å². The molecule has 2 unspecified atom stereocenters. The van der Waals surface area contributed by atoms with Gasteiger partial charge in [0, 0.05) is 34.4 Å². The predicted octanol–water partition coefficient (Wildman–Crippen LogP) is 2.27. The molecule has 1 aromatic carbocycles. The molecule has 0 heterocycles. The van der Waals surface area contributed by atoms with E-state index in [4.69, 9.17) is 0 Å². The Labute approximate surface area is 146 Å². The van der Waals surface area contributed by atoms with Gasteiger partial charge in [0.2, 0.25) is 0 Å². The maximum Gasteiger partial charge on any atom is 0.314 e. The van der Waals surface area contributed by atoms with E-state index in [9.17, 15) is 13.4 Å². The molecule has 0 aliphatic heterocycles. The molecule has 2 amide bonds. The lowest BCUT2D eigenvalue weighted by Crippen LogP contribution is -2.42. The van der Waals surface area contributed by atoms with Crippen LogP contribution in [-0.2, 0) is 10.8 Å². The van der Waals surface area contributed by atoms with Gasteiger partial charge >= 0.3 is 6.03 Å². The summed E-state index contributed by atoms with van der Waals surface area (Å²) in [5, 5.41) is 5.49. The summed E-state index contributed by atoms with van der Waals surface area (Å²) in [7, 11) is 2.75. The number of benzene rings is 1. The van der Waals surface area contributed by atoms with Crippen LogP contribution in [0.15, 0.2) is 24.3 Å². The second kappa shape index (κ2) is 9.13. The number of carbonyl (C=O) groups excluding carboxylic acids is 1. The van der Waals surface area contributed by atoms with Crippen molar-refractivity contribution in [2.75, 3.05) is 32.9 Å². The summed E-state index contributed by atoms with van der Waals surface area (Å²) >= 11 is 0. The second-order valence-corrected chi connectivity index (χ2v) is 9.16. The Bertz CT molecular complexity index is 573. The van der Waals surface area contributed by atoms with Crippen LogP contribution in [-0.4, -0.2) is 52.8 Å². The van der Waals surface area contributed by atoms with Gasteiger partial charge in [-0.25, -0.2) is 9.18 Å². The smallest absolute Gasteiger partial charge is 0.314 e. The van der Waals surface area contributed by atoms with Crippen molar-refractivity contribution in [2.24, 2.45) is 0 Å². The number of hydrogen-bond donors (Lipinski definition) is 2. The molecule has 1 rings (SSSR count). The van der Waals surface area contributed by atoms with E-state index in [1.165, 1.54) is 12.1 Å². The van der Waals surface area contributed by atoms with Gasteiger partial charge in [0.05, 0.1) is 6.04 Å². The van der Waals surface area contributed by atoms with Gasteiger partial charge in [-0.3, -0.25) is 4.21 Å². The third kappa shape index (κ3) is 6.97. The number of urea groups is 1. The van der Waals surface area contributed by atoms with E-state index in [2.05, 4.69) is 10.6 Å². The fourth-order valence-electron chi connectivity index (χ4n) is 2.13. The molecule has 24 heavy (non-hydrogen) atoms. The van der Waals surface area contributed by atoms with Gasteiger partial charge in [0.1, 0.15) is 5.82 Å². The van der Waals surface area contributed by atoms with E-state index < -0.39 is 10.8 Å². The van der Waals surface area contributed by atoms with Crippen molar-refractivity contribution in [1.82, 2.24) is 15.5 Å². The molecule has 0 bridgehead atoms. The van der Waals surface area contributed by atoms with Crippen molar-refractivity contribution in [3.05, 3.63) is 35.6 Å². The zero-order valence-corrected chi connectivity index (χ0v) is 15.9. The predicted molar refractivity (Wildman–Crippen MR) is 97.0 cm³/mol. The lowest BCUT2D eigenvalue weighted by molar-refractivity contribution is 0.233. The normalized spacial score (nSPS) is 14.3. The molecule has 0 fully saturated rings. The molecule has 0 aliphatic carbocycles. The summed E-state index contributed by atoms with van der Waals surface area (Å²) in [6.07, 6.45) is 0. The fourth-order valence-corrected chi connectivity index (χ4v) is 3.03. The number of rotatable bonds is 7. The summed E-state index contributed by atoms with van der Waals surface area (Å²) in [6, 6.07) is 5.91. The first-order valence-electron chi connectivity index (χ1n) is 7.93.